The third-order valence-corrected chi connectivity index (χ3v) is 3.50. The number of carbonyl (C=O) groups is 1. The van der Waals surface area contributed by atoms with Crippen LogP contribution in [0.2, 0.25) is 0 Å². The fraction of sp³-hybridized carbons (Fsp3) is 0.500. The lowest BCUT2D eigenvalue weighted by atomic mass is 10.0. The van der Waals surface area contributed by atoms with Gasteiger partial charge in [-0.1, -0.05) is 18.6 Å². The molecule has 2 unspecified atom stereocenters. The Balaban J connectivity index is 1.80. The molecule has 1 saturated carbocycles. The molecule has 0 bridgehead atoms. The minimum atomic E-state index is -0.462. The third-order valence-electron chi connectivity index (χ3n) is 3.50. The largest absolute Gasteiger partial charge is 0.481 e. The zero-order valence-electron chi connectivity index (χ0n) is 10.8. The average molecular weight is 266 g/mol. The number of para-hydroxylation sites is 1. The molecule has 19 heavy (non-hydrogen) atoms. The molecular formula is C14H19FN2O2. The molecule has 0 heterocycles. The van der Waals surface area contributed by atoms with Gasteiger partial charge in [0.25, 0.3) is 5.91 Å². The van der Waals surface area contributed by atoms with Crippen molar-refractivity contribution in [3.63, 3.8) is 0 Å². The maximum Gasteiger partial charge on any atom is 0.258 e. The smallest absolute Gasteiger partial charge is 0.258 e. The van der Waals surface area contributed by atoms with Gasteiger partial charge in [-0.3, -0.25) is 4.79 Å². The predicted molar refractivity (Wildman–Crippen MR) is 70.2 cm³/mol. The van der Waals surface area contributed by atoms with Crippen LogP contribution in [0.3, 0.4) is 0 Å². The fourth-order valence-electron chi connectivity index (χ4n) is 2.46. The van der Waals surface area contributed by atoms with Crippen LogP contribution in [0.15, 0.2) is 24.3 Å². The Morgan fingerprint density at radius 1 is 1.42 bits per heavy atom. The van der Waals surface area contributed by atoms with Gasteiger partial charge in [-0.05, 0) is 37.4 Å². The molecule has 1 aromatic carbocycles. The minimum Gasteiger partial charge on any atom is -0.481 e. The van der Waals surface area contributed by atoms with Gasteiger partial charge >= 0.3 is 0 Å². The van der Waals surface area contributed by atoms with Crippen LogP contribution in [0.1, 0.15) is 19.3 Å². The minimum absolute atomic E-state index is 0.0967. The monoisotopic (exact) mass is 266 g/mol. The molecular weight excluding hydrogens is 247 g/mol. The lowest BCUT2D eigenvalue weighted by molar-refractivity contribution is -0.124. The number of rotatable bonds is 5. The summed E-state index contributed by atoms with van der Waals surface area (Å²) in [5.74, 6) is -0.249. The van der Waals surface area contributed by atoms with E-state index in [2.05, 4.69) is 5.32 Å². The molecule has 1 amide bonds. The lowest BCUT2D eigenvalue weighted by Crippen LogP contribution is -2.42. The zero-order chi connectivity index (χ0) is 13.7. The Kier molecular flexibility index (Phi) is 4.74. The molecule has 1 aromatic rings. The number of nitrogens with one attached hydrogen (secondary N) is 1. The van der Waals surface area contributed by atoms with Crippen molar-refractivity contribution in [2.45, 2.75) is 25.3 Å². The van der Waals surface area contributed by atoms with Crippen LogP contribution in [0.25, 0.3) is 0 Å². The summed E-state index contributed by atoms with van der Waals surface area (Å²) in [5, 5.41) is 2.90. The number of amides is 1. The number of ether oxygens (including phenoxy) is 1. The first-order valence-electron chi connectivity index (χ1n) is 6.57. The highest BCUT2D eigenvalue weighted by Gasteiger charge is 2.27. The number of hydrogen-bond acceptors (Lipinski definition) is 3. The number of halogens is 1. The van der Waals surface area contributed by atoms with Crippen molar-refractivity contribution in [2.24, 2.45) is 11.7 Å². The fourth-order valence-corrected chi connectivity index (χ4v) is 2.46. The van der Waals surface area contributed by atoms with Crippen molar-refractivity contribution in [3.05, 3.63) is 30.1 Å². The first-order valence-corrected chi connectivity index (χ1v) is 6.57. The van der Waals surface area contributed by atoms with Crippen molar-refractivity contribution >= 4 is 5.91 Å². The molecule has 104 valence electrons. The van der Waals surface area contributed by atoms with E-state index in [1.165, 1.54) is 12.1 Å². The van der Waals surface area contributed by atoms with E-state index in [4.69, 9.17) is 10.5 Å². The van der Waals surface area contributed by atoms with Gasteiger partial charge in [0.2, 0.25) is 0 Å². The first kappa shape index (κ1) is 13.8. The highest BCUT2D eigenvalue weighted by Crippen LogP contribution is 2.24. The summed E-state index contributed by atoms with van der Waals surface area (Å²) >= 11 is 0. The summed E-state index contributed by atoms with van der Waals surface area (Å²) in [7, 11) is 0. The maximum atomic E-state index is 13.3. The Morgan fingerprint density at radius 2 is 2.21 bits per heavy atom. The van der Waals surface area contributed by atoms with E-state index < -0.39 is 5.82 Å². The van der Waals surface area contributed by atoms with Gasteiger partial charge in [0.05, 0.1) is 0 Å². The van der Waals surface area contributed by atoms with Crippen molar-refractivity contribution in [2.75, 3.05) is 13.2 Å². The number of hydrogen-bond donors (Lipinski definition) is 2. The van der Waals surface area contributed by atoms with Crippen molar-refractivity contribution < 1.29 is 13.9 Å². The van der Waals surface area contributed by atoms with E-state index in [0.29, 0.717) is 12.5 Å². The molecule has 0 saturated heterocycles. The average Bonchev–Trinajstić information content (AvgIpc) is 2.85. The van der Waals surface area contributed by atoms with Gasteiger partial charge in [0, 0.05) is 6.04 Å². The Hall–Kier alpha value is -1.62. The topological polar surface area (TPSA) is 64.3 Å². The van der Waals surface area contributed by atoms with Gasteiger partial charge in [-0.2, -0.15) is 0 Å². The van der Waals surface area contributed by atoms with E-state index in [9.17, 15) is 9.18 Å². The molecule has 1 fully saturated rings. The highest BCUT2D eigenvalue weighted by atomic mass is 19.1. The molecule has 4 nitrogen and oxygen atoms in total. The van der Waals surface area contributed by atoms with E-state index in [0.717, 1.165) is 19.3 Å². The highest BCUT2D eigenvalue weighted by molar-refractivity contribution is 5.77. The zero-order valence-corrected chi connectivity index (χ0v) is 10.8. The standard InChI is InChI=1S/C14H19FN2O2/c15-11-5-1-2-7-13(11)19-9-14(18)17-12-6-3-4-10(12)8-16/h1-2,5,7,10,12H,3-4,6,8-9,16H2,(H,17,18). The predicted octanol–water partition coefficient (Wildman–Crippen LogP) is 1.45. The van der Waals surface area contributed by atoms with Crippen LogP contribution in [-0.4, -0.2) is 25.1 Å². The van der Waals surface area contributed by atoms with E-state index in [-0.39, 0.29) is 24.3 Å². The number of benzene rings is 1. The summed E-state index contributed by atoms with van der Waals surface area (Å²) in [6.45, 7) is 0.411. The third kappa shape index (κ3) is 3.67. The number of nitrogens with two attached hydrogens (primary N) is 1. The molecule has 0 spiro atoms. The van der Waals surface area contributed by atoms with E-state index in [1.54, 1.807) is 12.1 Å². The molecule has 3 N–H and O–H groups in total. The Morgan fingerprint density at radius 3 is 2.95 bits per heavy atom. The van der Waals surface area contributed by atoms with Crippen LogP contribution >= 0.6 is 0 Å². The summed E-state index contributed by atoms with van der Waals surface area (Å²) in [6, 6.07) is 6.17. The molecule has 2 atom stereocenters. The van der Waals surface area contributed by atoms with Crippen LogP contribution in [0, 0.1) is 11.7 Å². The second kappa shape index (κ2) is 6.52. The molecule has 5 heteroatoms. The Labute approximate surface area is 112 Å². The van der Waals surface area contributed by atoms with Crippen molar-refractivity contribution in [1.29, 1.82) is 0 Å². The van der Waals surface area contributed by atoms with Gasteiger partial charge in [0.1, 0.15) is 0 Å². The SMILES string of the molecule is NCC1CCCC1NC(=O)COc1ccccc1F. The second-order valence-electron chi connectivity index (χ2n) is 4.82. The van der Waals surface area contributed by atoms with E-state index >= 15 is 0 Å². The van der Waals surface area contributed by atoms with Crippen LogP contribution in [0.4, 0.5) is 4.39 Å². The second-order valence-corrected chi connectivity index (χ2v) is 4.82. The molecule has 0 radical (unpaired) electrons. The molecule has 1 aliphatic rings. The van der Waals surface area contributed by atoms with Gasteiger partial charge in [-0.15, -0.1) is 0 Å². The molecule has 1 aliphatic carbocycles. The van der Waals surface area contributed by atoms with Crippen LogP contribution in [0.5, 0.6) is 5.75 Å². The van der Waals surface area contributed by atoms with Crippen molar-refractivity contribution in [3.8, 4) is 5.75 Å². The molecule has 0 aliphatic heterocycles. The number of carbonyl (C=O) groups excluding carboxylic acids is 1. The van der Waals surface area contributed by atoms with Crippen molar-refractivity contribution in [1.82, 2.24) is 5.32 Å². The Bertz CT molecular complexity index is 439. The summed E-state index contributed by atoms with van der Waals surface area (Å²) < 4.78 is 18.4. The molecule has 2 rings (SSSR count). The van der Waals surface area contributed by atoms with Crippen LogP contribution < -0.4 is 15.8 Å². The lowest BCUT2D eigenvalue weighted by Gasteiger charge is -2.19. The maximum absolute atomic E-state index is 13.3. The summed E-state index contributed by atoms with van der Waals surface area (Å²) in [4.78, 5) is 11.7. The van der Waals surface area contributed by atoms with Gasteiger partial charge in [-0.25, -0.2) is 4.39 Å². The summed E-state index contributed by atoms with van der Waals surface area (Å²) in [6.07, 6.45) is 3.09. The quantitative estimate of drug-likeness (QED) is 0.847. The normalized spacial score (nSPS) is 22.2. The van der Waals surface area contributed by atoms with Crippen LogP contribution in [-0.2, 0) is 4.79 Å². The van der Waals surface area contributed by atoms with E-state index in [1.807, 2.05) is 0 Å². The summed E-state index contributed by atoms with van der Waals surface area (Å²) in [5.41, 5.74) is 5.65. The van der Waals surface area contributed by atoms with Gasteiger partial charge in [0.15, 0.2) is 18.2 Å². The first-order chi connectivity index (χ1) is 9.20. The molecule has 0 aromatic heterocycles. The van der Waals surface area contributed by atoms with Gasteiger partial charge < -0.3 is 15.8 Å².